The number of ether oxygens (including phenoxy) is 1. The highest BCUT2D eigenvalue weighted by atomic mass is 32.2. The van der Waals surface area contributed by atoms with Crippen LogP contribution in [0.1, 0.15) is 18.9 Å². The molecule has 1 aromatic carbocycles. The number of rotatable bonds is 7. The zero-order chi connectivity index (χ0) is 15.3. The van der Waals surface area contributed by atoms with Gasteiger partial charge in [0.15, 0.2) is 0 Å². The molecular weight excluding hydrogens is 286 g/mol. The summed E-state index contributed by atoms with van der Waals surface area (Å²) in [6.45, 7) is 1.63. The number of hydrogen-bond donors (Lipinski definition) is 1. The molecule has 7 nitrogen and oxygen atoms in total. The first kappa shape index (κ1) is 16.1. The van der Waals surface area contributed by atoms with Gasteiger partial charge in [-0.05, 0) is 18.1 Å². The number of hydrogen-bond acceptors (Lipinski definition) is 5. The third kappa shape index (κ3) is 4.02. The Morgan fingerprint density at radius 2 is 2.15 bits per heavy atom. The number of nitro benzene ring substituents is 1. The van der Waals surface area contributed by atoms with Crippen LogP contribution in [-0.2, 0) is 21.3 Å². The van der Waals surface area contributed by atoms with E-state index < -0.39 is 26.9 Å². The Hall–Kier alpha value is -1.96. The average Bonchev–Trinajstić information content (AvgIpc) is 2.38. The summed E-state index contributed by atoms with van der Waals surface area (Å²) in [7, 11) is -0.281. The van der Waals surface area contributed by atoms with Crippen LogP contribution in [0.5, 0.6) is 5.75 Å². The average molecular weight is 301 g/mol. The number of carboxylic acid groups (broad SMARTS) is 1. The third-order valence-electron chi connectivity index (χ3n) is 2.67. The van der Waals surface area contributed by atoms with Crippen LogP contribution in [0.3, 0.4) is 0 Å². The molecular formula is C12H15NO6S. The number of non-ortho nitro benzene ring substituents is 1. The van der Waals surface area contributed by atoms with Crippen molar-refractivity contribution < 1.29 is 23.8 Å². The lowest BCUT2D eigenvalue weighted by Gasteiger charge is -2.10. The lowest BCUT2D eigenvalue weighted by atomic mass is 10.2. The molecule has 0 radical (unpaired) electrons. The first-order valence-corrected chi connectivity index (χ1v) is 7.19. The van der Waals surface area contributed by atoms with Crippen molar-refractivity contribution in [1.82, 2.24) is 0 Å². The fourth-order valence-electron chi connectivity index (χ4n) is 1.69. The van der Waals surface area contributed by atoms with E-state index in [4.69, 9.17) is 9.84 Å². The van der Waals surface area contributed by atoms with E-state index in [0.29, 0.717) is 5.56 Å². The number of methoxy groups -OCH3 is 1. The van der Waals surface area contributed by atoms with Gasteiger partial charge in [0.1, 0.15) is 11.0 Å². The quantitative estimate of drug-likeness (QED) is 0.607. The van der Waals surface area contributed by atoms with Gasteiger partial charge in [-0.15, -0.1) is 0 Å². The summed E-state index contributed by atoms with van der Waals surface area (Å²) in [5, 5.41) is 18.7. The molecule has 2 atom stereocenters. The van der Waals surface area contributed by atoms with Gasteiger partial charge in [-0.25, -0.2) is 0 Å². The molecule has 0 heterocycles. The van der Waals surface area contributed by atoms with Gasteiger partial charge in [-0.3, -0.25) is 19.1 Å². The molecule has 0 saturated heterocycles. The largest absolute Gasteiger partial charge is 0.496 e. The van der Waals surface area contributed by atoms with Gasteiger partial charge in [-0.2, -0.15) is 0 Å². The highest BCUT2D eigenvalue weighted by molar-refractivity contribution is 7.85. The maximum absolute atomic E-state index is 12.0. The summed E-state index contributed by atoms with van der Waals surface area (Å²) in [6, 6.07) is 4.04. The van der Waals surface area contributed by atoms with Crippen LogP contribution in [0, 0.1) is 10.1 Å². The van der Waals surface area contributed by atoms with E-state index in [-0.39, 0.29) is 23.6 Å². The van der Waals surface area contributed by atoms with E-state index in [1.54, 1.807) is 6.92 Å². The summed E-state index contributed by atoms with van der Waals surface area (Å²) in [5.74, 6) is -0.930. The van der Waals surface area contributed by atoms with Gasteiger partial charge in [0.2, 0.25) is 0 Å². The molecule has 0 amide bonds. The van der Waals surface area contributed by atoms with E-state index in [1.807, 2.05) is 0 Å². The second kappa shape index (κ2) is 6.99. The molecule has 0 saturated carbocycles. The molecule has 20 heavy (non-hydrogen) atoms. The van der Waals surface area contributed by atoms with Crippen LogP contribution >= 0.6 is 0 Å². The Bertz CT molecular complexity index is 545. The van der Waals surface area contributed by atoms with Crippen LogP contribution in [0.25, 0.3) is 0 Å². The van der Waals surface area contributed by atoms with Crippen LogP contribution in [-0.4, -0.2) is 32.6 Å². The van der Waals surface area contributed by atoms with Crippen LogP contribution in [0.15, 0.2) is 18.2 Å². The van der Waals surface area contributed by atoms with Crippen LogP contribution in [0.4, 0.5) is 5.69 Å². The number of aliphatic carboxylic acids is 1. The molecule has 1 N–H and O–H groups in total. The fourth-order valence-corrected chi connectivity index (χ4v) is 2.98. The maximum atomic E-state index is 12.0. The fraction of sp³-hybridized carbons (Fsp3) is 0.417. The molecule has 110 valence electrons. The minimum Gasteiger partial charge on any atom is -0.496 e. The monoisotopic (exact) mass is 301 g/mol. The predicted molar refractivity (Wildman–Crippen MR) is 73.2 cm³/mol. The van der Waals surface area contributed by atoms with E-state index in [1.165, 1.54) is 25.3 Å². The summed E-state index contributed by atoms with van der Waals surface area (Å²) >= 11 is 0. The predicted octanol–water partition coefficient (Wildman–Crippen LogP) is 1.72. The summed E-state index contributed by atoms with van der Waals surface area (Å²) in [6.07, 6.45) is 0.230. The molecule has 1 rings (SSSR count). The van der Waals surface area contributed by atoms with Gasteiger partial charge >= 0.3 is 5.97 Å². The van der Waals surface area contributed by atoms with Gasteiger partial charge in [0.05, 0.1) is 18.1 Å². The molecule has 0 aromatic heterocycles. The normalized spacial score (nSPS) is 13.5. The minimum absolute atomic E-state index is 0.0666. The van der Waals surface area contributed by atoms with E-state index >= 15 is 0 Å². The van der Waals surface area contributed by atoms with Crippen molar-refractivity contribution in [3.63, 3.8) is 0 Å². The molecule has 8 heteroatoms. The molecule has 1 aromatic rings. The third-order valence-corrected chi connectivity index (χ3v) is 4.46. The first-order chi connectivity index (χ1) is 9.38. The van der Waals surface area contributed by atoms with Crippen LogP contribution < -0.4 is 4.74 Å². The topological polar surface area (TPSA) is 107 Å². The second-order valence-corrected chi connectivity index (χ2v) is 5.68. The summed E-state index contributed by atoms with van der Waals surface area (Å²) in [4.78, 5) is 21.1. The number of nitrogens with zero attached hydrogens (tertiary/aromatic N) is 1. The molecule has 0 spiro atoms. The Morgan fingerprint density at radius 1 is 1.50 bits per heavy atom. The first-order valence-electron chi connectivity index (χ1n) is 5.81. The Labute approximate surface area is 118 Å². The molecule has 0 fully saturated rings. The molecule has 0 bridgehead atoms. The van der Waals surface area contributed by atoms with E-state index in [9.17, 15) is 19.1 Å². The van der Waals surface area contributed by atoms with Gasteiger partial charge in [-0.1, -0.05) is 6.92 Å². The molecule has 0 aliphatic rings. The van der Waals surface area contributed by atoms with Crippen molar-refractivity contribution in [2.75, 3.05) is 7.11 Å². The zero-order valence-corrected chi connectivity index (χ0v) is 11.9. The summed E-state index contributed by atoms with van der Waals surface area (Å²) in [5.41, 5.74) is 0.230. The Balaban J connectivity index is 3.02. The number of benzene rings is 1. The molecule has 0 aliphatic heterocycles. The van der Waals surface area contributed by atoms with Gasteiger partial charge in [0, 0.05) is 22.6 Å². The van der Waals surface area contributed by atoms with E-state index in [2.05, 4.69) is 0 Å². The maximum Gasteiger partial charge on any atom is 0.319 e. The highest BCUT2D eigenvalue weighted by Crippen LogP contribution is 2.24. The highest BCUT2D eigenvalue weighted by Gasteiger charge is 2.23. The van der Waals surface area contributed by atoms with Crippen LogP contribution in [0.2, 0.25) is 0 Å². The van der Waals surface area contributed by atoms with Crippen molar-refractivity contribution in [2.24, 2.45) is 0 Å². The van der Waals surface area contributed by atoms with Crippen molar-refractivity contribution in [3.05, 3.63) is 33.9 Å². The van der Waals surface area contributed by atoms with Crippen molar-refractivity contribution in [3.8, 4) is 5.75 Å². The number of carboxylic acids is 1. The smallest absolute Gasteiger partial charge is 0.319 e. The van der Waals surface area contributed by atoms with Gasteiger partial charge in [0.25, 0.3) is 5.69 Å². The number of carbonyl (C=O) groups is 1. The lowest BCUT2D eigenvalue weighted by Crippen LogP contribution is -2.25. The Morgan fingerprint density at radius 3 is 2.60 bits per heavy atom. The Kier molecular flexibility index (Phi) is 5.63. The standard InChI is InChI=1S/C12H15NO6S/c1-3-11(12(14)15)20(18)7-8-4-9(13(16)17)6-10(5-8)19-2/h4-6,11H,3,7H2,1-2H3,(H,14,15). The lowest BCUT2D eigenvalue weighted by molar-refractivity contribution is -0.385. The minimum atomic E-state index is -1.65. The van der Waals surface area contributed by atoms with Gasteiger partial charge < -0.3 is 9.84 Å². The van der Waals surface area contributed by atoms with Crippen molar-refractivity contribution >= 4 is 22.5 Å². The van der Waals surface area contributed by atoms with Crippen molar-refractivity contribution in [1.29, 1.82) is 0 Å². The molecule has 2 unspecified atom stereocenters. The number of nitro groups is 1. The SMILES string of the molecule is CCC(C(=O)O)S(=O)Cc1cc(OC)cc([N+](=O)[O-])c1. The van der Waals surface area contributed by atoms with E-state index in [0.717, 1.165) is 0 Å². The second-order valence-electron chi connectivity index (χ2n) is 4.06. The summed E-state index contributed by atoms with van der Waals surface area (Å²) < 4.78 is 16.9. The zero-order valence-electron chi connectivity index (χ0n) is 11.1. The van der Waals surface area contributed by atoms with Crippen molar-refractivity contribution in [2.45, 2.75) is 24.3 Å². The molecule has 0 aliphatic carbocycles.